The van der Waals surface area contributed by atoms with Crippen LogP contribution >= 0.6 is 23.1 Å². The Bertz CT molecular complexity index is 371. The van der Waals surface area contributed by atoms with Crippen molar-refractivity contribution in [2.24, 2.45) is 10.9 Å². The van der Waals surface area contributed by atoms with Crippen molar-refractivity contribution in [2.75, 3.05) is 5.75 Å². The predicted molar refractivity (Wildman–Crippen MR) is 79.1 cm³/mol. The predicted octanol–water partition coefficient (Wildman–Crippen LogP) is 3.40. The van der Waals surface area contributed by atoms with Gasteiger partial charge >= 0.3 is 0 Å². The quantitative estimate of drug-likeness (QED) is 0.905. The Morgan fingerprint density at radius 3 is 2.88 bits per heavy atom. The minimum Gasteiger partial charge on any atom is -0.362 e. The highest BCUT2D eigenvalue weighted by Gasteiger charge is 2.21. The number of amidine groups is 1. The molecular weight excluding hydrogens is 248 g/mol. The molecule has 0 bridgehead atoms. The molecule has 0 saturated carbocycles. The van der Waals surface area contributed by atoms with Crippen LogP contribution in [-0.4, -0.2) is 23.0 Å². The molecule has 0 saturated heterocycles. The maximum atomic E-state index is 4.73. The van der Waals surface area contributed by atoms with Crippen LogP contribution < -0.4 is 5.32 Å². The Morgan fingerprint density at radius 2 is 2.29 bits per heavy atom. The first-order valence-electron chi connectivity index (χ1n) is 6.14. The average Bonchev–Trinajstić information content (AvgIpc) is 2.88. The summed E-state index contributed by atoms with van der Waals surface area (Å²) in [6.07, 6.45) is 1.09. The van der Waals surface area contributed by atoms with Crippen LogP contribution in [0.25, 0.3) is 0 Å². The van der Waals surface area contributed by atoms with Crippen molar-refractivity contribution < 1.29 is 0 Å². The molecule has 0 amide bonds. The summed E-state index contributed by atoms with van der Waals surface area (Å²) in [5.41, 5.74) is 0. The SMILES string of the molecule is CC(Cc1cccs1)NC1=N[C@@H](C(C)C)CS1. The monoisotopic (exact) mass is 268 g/mol. The van der Waals surface area contributed by atoms with E-state index < -0.39 is 0 Å². The number of nitrogens with one attached hydrogen (secondary N) is 1. The van der Waals surface area contributed by atoms with Crippen molar-refractivity contribution in [3.05, 3.63) is 22.4 Å². The second-order valence-corrected chi connectivity index (χ2v) is 6.93. The average molecular weight is 268 g/mol. The Labute approximate surface area is 112 Å². The van der Waals surface area contributed by atoms with E-state index in [-0.39, 0.29) is 0 Å². The molecule has 2 heterocycles. The number of nitrogens with zero attached hydrogens (tertiary/aromatic N) is 1. The number of rotatable bonds is 4. The molecule has 1 aromatic rings. The summed E-state index contributed by atoms with van der Waals surface area (Å²) in [5.74, 6) is 1.78. The van der Waals surface area contributed by atoms with Gasteiger partial charge in [-0.1, -0.05) is 31.7 Å². The van der Waals surface area contributed by atoms with Crippen LogP contribution in [0.4, 0.5) is 0 Å². The van der Waals surface area contributed by atoms with Crippen molar-refractivity contribution in [3.8, 4) is 0 Å². The van der Waals surface area contributed by atoms with Crippen LogP contribution in [-0.2, 0) is 6.42 Å². The zero-order valence-corrected chi connectivity index (χ0v) is 12.3. The van der Waals surface area contributed by atoms with Crippen molar-refractivity contribution in [1.29, 1.82) is 0 Å². The minimum atomic E-state index is 0.464. The van der Waals surface area contributed by atoms with Crippen molar-refractivity contribution in [2.45, 2.75) is 39.3 Å². The van der Waals surface area contributed by atoms with Crippen molar-refractivity contribution in [3.63, 3.8) is 0 Å². The van der Waals surface area contributed by atoms with Gasteiger partial charge < -0.3 is 5.32 Å². The van der Waals surface area contributed by atoms with Gasteiger partial charge in [0.25, 0.3) is 0 Å². The molecule has 1 aliphatic heterocycles. The lowest BCUT2D eigenvalue weighted by molar-refractivity contribution is 0.540. The molecule has 1 unspecified atom stereocenters. The number of aliphatic imine (C=N–C) groups is 1. The number of hydrogen-bond acceptors (Lipinski definition) is 4. The van der Waals surface area contributed by atoms with Crippen LogP contribution in [0.5, 0.6) is 0 Å². The van der Waals surface area contributed by atoms with E-state index in [4.69, 9.17) is 4.99 Å². The van der Waals surface area contributed by atoms with Gasteiger partial charge in [0, 0.05) is 23.1 Å². The molecule has 0 spiro atoms. The number of hydrogen-bond donors (Lipinski definition) is 1. The highest BCUT2D eigenvalue weighted by atomic mass is 32.2. The van der Waals surface area contributed by atoms with Crippen LogP contribution in [0, 0.1) is 5.92 Å². The molecule has 94 valence electrons. The van der Waals surface area contributed by atoms with Crippen molar-refractivity contribution in [1.82, 2.24) is 5.32 Å². The molecule has 2 nitrogen and oxygen atoms in total. The molecule has 1 N–H and O–H groups in total. The molecule has 4 heteroatoms. The summed E-state index contributed by atoms with van der Waals surface area (Å²) in [6, 6.07) is 5.27. The highest BCUT2D eigenvalue weighted by molar-refractivity contribution is 8.14. The summed E-state index contributed by atoms with van der Waals surface area (Å²) >= 11 is 3.69. The van der Waals surface area contributed by atoms with Gasteiger partial charge in [0.1, 0.15) is 0 Å². The summed E-state index contributed by atoms with van der Waals surface area (Å²) in [5, 5.41) is 6.79. The molecule has 0 aliphatic carbocycles. The van der Waals surface area contributed by atoms with Crippen molar-refractivity contribution >= 4 is 28.3 Å². The largest absolute Gasteiger partial charge is 0.362 e. The summed E-state index contributed by atoms with van der Waals surface area (Å²) in [4.78, 5) is 6.17. The molecule has 0 fully saturated rings. The fourth-order valence-corrected chi connectivity index (χ4v) is 3.92. The summed E-state index contributed by atoms with van der Waals surface area (Å²) in [7, 11) is 0. The van der Waals surface area contributed by atoms with Gasteiger partial charge in [0.05, 0.1) is 6.04 Å². The second-order valence-electron chi connectivity index (χ2n) is 4.89. The maximum Gasteiger partial charge on any atom is 0.157 e. The third-order valence-electron chi connectivity index (χ3n) is 2.90. The molecular formula is C13H20N2S2. The van der Waals surface area contributed by atoms with E-state index in [1.165, 1.54) is 4.88 Å². The summed E-state index contributed by atoms with van der Waals surface area (Å²) < 4.78 is 0. The molecule has 0 aromatic carbocycles. The van der Waals surface area contributed by atoms with Gasteiger partial charge in [0.15, 0.2) is 5.17 Å². The number of thiophene rings is 1. The topological polar surface area (TPSA) is 24.4 Å². The lowest BCUT2D eigenvalue weighted by atomic mass is 10.1. The van der Waals surface area contributed by atoms with E-state index in [9.17, 15) is 0 Å². The van der Waals surface area contributed by atoms with E-state index in [2.05, 4.69) is 43.6 Å². The first-order chi connectivity index (χ1) is 8.15. The first kappa shape index (κ1) is 13.0. The van der Waals surface area contributed by atoms with Crippen LogP contribution in [0.3, 0.4) is 0 Å². The molecule has 17 heavy (non-hydrogen) atoms. The fraction of sp³-hybridized carbons (Fsp3) is 0.615. The maximum absolute atomic E-state index is 4.73. The minimum absolute atomic E-state index is 0.464. The fourth-order valence-electron chi connectivity index (χ4n) is 1.80. The van der Waals surface area contributed by atoms with E-state index >= 15 is 0 Å². The van der Waals surface area contributed by atoms with Gasteiger partial charge in [0.2, 0.25) is 0 Å². The van der Waals surface area contributed by atoms with Crippen LogP contribution in [0.2, 0.25) is 0 Å². The van der Waals surface area contributed by atoms with Gasteiger partial charge in [-0.05, 0) is 24.3 Å². The number of thioether (sulfide) groups is 1. The molecule has 0 radical (unpaired) electrons. The zero-order chi connectivity index (χ0) is 12.3. The highest BCUT2D eigenvalue weighted by Crippen LogP contribution is 2.22. The first-order valence-corrected chi connectivity index (χ1v) is 8.01. The van der Waals surface area contributed by atoms with E-state index in [0.717, 1.165) is 17.3 Å². The third-order valence-corrected chi connectivity index (χ3v) is 4.80. The Morgan fingerprint density at radius 1 is 1.47 bits per heavy atom. The van der Waals surface area contributed by atoms with Gasteiger partial charge in [-0.25, -0.2) is 0 Å². The smallest absolute Gasteiger partial charge is 0.157 e. The Hall–Kier alpha value is -0.480. The molecule has 2 atom stereocenters. The van der Waals surface area contributed by atoms with Gasteiger partial charge in [-0.3, -0.25) is 4.99 Å². The molecule has 1 aliphatic rings. The lowest BCUT2D eigenvalue weighted by Gasteiger charge is -2.13. The Balaban J connectivity index is 1.83. The molecule has 1 aromatic heterocycles. The van der Waals surface area contributed by atoms with Gasteiger partial charge in [-0.15, -0.1) is 11.3 Å². The molecule has 2 rings (SSSR count). The van der Waals surface area contributed by atoms with Crippen LogP contribution in [0.15, 0.2) is 22.5 Å². The zero-order valence-electron chi connectivity index (χ0n) is 10.6. The normalized spacial score (nSPS) is 21.6. The van der Waals surface area contributed by atoms with E-state index in [0.29, 0.717) is 18.0 Å². The third kappa shape index (κ3) is 3.75. The second kappa shape index (κ2) is 5.91. The summed E-state index contributed by atoms with van der Waals surface area (Å²) in [6.45, 7) is 6.71. The van der Waals surface area contributed by atoms with E-state index in [1.807, 2.05) is 23.1 Å². The van der Waals surface area contributed by atoms with Gasteiger partial charge in [-0.2, -0.15) is 0 Å². The Kier molecular flexibility index (Phi) is 4.51. The standard InChI is InChI=1S/C13H20N2S2/c1-9(2)12-8-17-13(15-12)14-10(3)7-11-5-4-6-16-11/h4-6,9-10,12H,7-8H2,1-3H3,(H,14,15)/t10?,12-/m1/s1. The van der Waals surface area contributed by atoms with E-state index in [1.54, 1.807) is 0 Å². The lowest BCUT2D eigenvalue weighted by Crippen LogP contribution is -2.31. The van der Waals surface area contributed by atoms with Crippen LogP contribution in [0.1, 0.15) is 25.6 Å².